The molecule has 1 aliphatic carbocycles. The number of aliphatic hydroxyl groups is 1. The highest BCUT2D eigenvalue weighted by Gasteiger charge is 2.31. The normalized spacial score (nSPS) is 20.4. The van der Waals surface area contributed by atoms with E-state index in [0.717, 1.165) is 19.4 Å². The number of nitrogens with zero attached hydrogens (tertiary/aromatic N) is 1. The molecular formula is C13H24N2O. The Morgan fingerprint density at radius 1 is 1.31 bits per heavy atom. The molecule has 3 heteroatoms. The van der Waals surface area contributed by atoms with E-state index in [-0.39, 0.29) is 17.4 Å². The van der Waals surface area contributed by atoms with E-state index < -0.39 is 0 Å². The standard InChI is InChI=1S/C13H24N2O/c1-12(2,8-14)9-15-10-13(11-16)6-4-3-5-7-13/h15-16H,3-7,9-11H2,1-2H3. The first-order chi connectivity index (χ1) is 7.54. The topological polar surface area (TPSA) is 56.0 Å². The van der Waals surface area contributed by atoms with Crippen LogP contribution in [0.2, 0.25) is 0 Å². The summed E-state index contributed by atoms with van der Waals surface area (Å²) in [4.78, 5) is 0. The van der Waals surface area contributed by atoms with E-state index in [0.29, 0.717) is 6.54 Å². The molecule has 0 aromatic rings. The van der Waals surface area contributed by atoms with Gasteiger partial charge >= 0.3 is 0 Å². The van der Waals surface area contributed by atoms with Crippen LogP contribution >= 0.6 is 0 Å². The Morgan fingerprint density at radius 3 is 2.44 bits per heavy atom. The molecule has 0 atom stereocenters. The fraction of sp³-hybridized carbons (Fsp3) is 0.923. The van der Waals surface area contributed by atoms with Gasteiger partial charge in [0, 0.05) is 25.1 Å². The first-order valence-electron chi connectivity index (χ1n) is 6.26. The minimum absolute atomic E-state index is 0.0732. The van der Waals surface area contributed by atoms with Crippen molar-refractivity contribution in [3.05, 3.63) is 0 Å². The summed E-state index contributed by atoms with van der Waals surface area (Å²) in [7, 11) is 0. The molecule has 16 heavy (non-hydrogen) atoms. The molecule has 1 fully saturated rings. The number of hydrogen-bond acceptors (Lipinski definition) is 3. The molecule has 1 aliphatic rings. The van der Waals surface area contributed by atoms with Crippen molar-refractivity contribution in [3.8, 4) is 6.07 Å². The van der Waals surface area contributed by atoms with Crippen LogP contribution in [0.4, 0.5) is 0 Å². The van der Waals surface area contributed by atoms with Gasteiger partial charge in [-0.15, -0.1) is 0 Å². The Kier molecular flexibility index (Phi) is 4.76. The Morgan fingerprint density at radius 2 is 1.94 bits per heavy atom. The molecule has 0 bridgehead atoms. The summed E-state index contributed by atoms with van der Waals surface area (Å²) >= 11 is 0. The number of hydrogen-bond donors (Lipinski definition) is 2. The third-order valence-electron chi connectivity index (χ3n) is 3.62. The fourth-order valence-corrected chi connectivity index (χ4v) is 2.37. The van der Waals surface area contributed by atoms with Gasteiger partial charge in [-0.3, -0.25) is 0 Å². The van der Waals surface area contributed by atoms with Crippen molar-refractivity contribution in [1.82, 2.24) is 5.32 Å². The van der Waals surface area contributed by atoms with Crippen molar-refractivity contribution in [3.63, 3.8) is 0 Å². The van der Waals surface area contributed by atoms with E-state index in [4.69, 9.17) is 5.26 Å². The van der Waals surface area contributed by atoms with E-state index in [1.807, 2.05) is 13.8 Å². The van der Waals surface area contributed by atoms with Gasteiger partial charge in [0.2, 0.25) is 0 Å². The van der Waals surface area contributed by atoms with Gasteiger partial charge in [-0.25, -0.2) is 0 Å². The number of aliphatic hydroxyl groups excluding tert-OH is 1. The first-order valence-corrected chi connectivity index (χ1v) is 6.26. The van der Waals surface area contributed by atoms with Crippen molar-refractivity contribution in [1.29, 1.82) is 5.26 Å². The van der Waals surface area contributed by atoms with E-state index in [1.165, 1.54) is 19.3 Å². The summed E-state index contributed by atoms with van der Waals surface area (Å²) in [6.45, 7) is 5.69. The molecule has 0 aliphatic heterocycles. The molecule has 92 valence electrons. The SMILES string of the molecule is CC(C)(C#N)CNCC1(CO)CCCCC1. The molecule has 1 rings (SSSR count). The predicted octanol–water partition coefficient (Wildman–Crippen LogP) is 2.07. The third kappa shape index (κ3) is 3.77. The molecule has 3 nitrogen and oxygen atoms in total. The van der Waals surface area contributed by atoms with E-state index in [2.05, 4.69) is 11.4 Å². The second-order valence-electron chi connectivity index (χ2n) is 5.82. The van der Waals surface area contributed by atoms with Crippen molar-refractivity contribution in [2.24, 2.45) is 10.8 Å². The fourth-order valence-electron chi connectivity index (χ4n) is 2.37. The third-order valence-corrected chi connectivity index (χ3v) is 3.62. The second-order valence-corrected chi connectivity index (χ2v) is 5.82. The molecule has 0 heterocycles. The minimum Gasteiger partial charge on any atom is -0.396 e. The first kappa shape index (κ1) is 13.5. The average molecular weight is 224 g/mol. The zero-order chi connectivity index (χ0) is 12.1. The molecule has 0 aromatic carbocycles. The van der Waals surface area contributed by atoms with E-state index in [9.17, 15) is 5.11 Å². The van der Waals surface area contributed by atoms with Crippen molar-refractivity contribution in [2.75, 3.05) is 19.7 Å². The highest BCUT2D eigenvalue weighted by Crippen LogP contribution is 2.35. The van der Waals surface area contributed by atoms with Gasteiger partial charge in [0.25, 0.3) is 0 Å². The lowest BCUT2D eigenvalue weighted by Gasteiger charge is -2.36. The van der Waals surface area contributed by atoms with Crippen LogP contribution in [-0.4, -0.2) is 24.8 Å². The highest BCUT2D eigenvalue weighted by atomic mass is 16.3. The van der Waals surface area contributed by atoms with Crippen molar-refractivity contribution < 1.29 is 5.11 Å². The molecule has 0 radical (unpaired) electrons. The summed E-state index contributed by atoms with van der Waals surface area (Å²) in [6.07, 6.45) is 5.98. The van der Waals surface area contributed by atoms with E-state index in [1.54, 1.807) is 0 Å². The van der Waals surface area contributed by atoms with Crippen LogP contribution in [0, 0.1) is 22.2 Å². The molecule has 0 saturated heterocycles. The average Bonchev–Trinajstić information content (AvgIpc) is 2.30. The van der Waals surface area contributed by atoms with Gasteiger partial charge in [-0.1, -0.05) is 19.3 Å². The van der Waals surface area contributed by atoms with Crippen molar-refractivity contribution >= 4 is 0 Å². The van der Waals surface area contributed by atoms with Crippen LogP contribution in [0.25, 0.3) is 0 Å². The second kappa shape index (κ2) is 5.65. The van der Waals surface area contributed by atoms with Crippen LogP contribution < -0.4 is 5.32 Å². The number of rotatable bonds is 5. The lowest BCUT2D eigenvalue weighted by molar-refractivity contribution is 0.0798. The van der Waals surface area contributed by atoms with Crippen LogP contribution in [-0.2, 0) is 0 Å². The maximum absolute atomic E-state index is 9.52. The zero-order valence-corrected chi connectivity index (χ0v) is 10.6. The summed E-state index contributed by atoms with van der Waals surface area (Å²) in [5.74, 6) is 0. The Balaban J connectivity index is 2.37. The summed E-state index contributed by atoms with van der Waals surface area (Å²) in [5.41, 5.74) is -0.241. The van der Waals surface area contributed by atoms with Gasteiger partial charge in [0.05, 0.1) is 11.5 Å². The Labute approximate surface area is 98.8 Å². The Hall–Kier alpha value is -0.590. The van der Waals surface area contributed by atoms with Crippen LogP contribution in [0.1, 0.15) is 46.0 Å². The smallest absolute Gasteiger partial charge is 0.0697 e. The van der Waals surface area contributed by atoms with Crippen LogP contribution in [0.15, 0.2) is 0 Å². The molecule has 1 saturated carbocycles. The molecule has 2 N–H and O–H groups in total. The largest absolute Gasteiger partial charge is 0.396 e. The van der Waals surface area contributed by atoms with Gasteiger partial charge in [-0.2, -0.15) is 5.26 Å². The quantitative estimate of drug-likeness (QED) is 0.751. The van der Waals surface area contributed by atoms with Crippen LogP contribution in [0.5, 0.6) is 0 Å². The molecular weight excluding hydrogens is 200 g/mol. The highest BCUT2D eigenvalue weighted by molar-refractivity contribution is 4.94. The summed E-state index contributed by atoms with van der Waals surface area (Å²) < 4.78 is 0. The minimum atomic E-state index is -0.314. The Bertz CT molecular complexity index is 249. The summed E-state index contributed by atoms with van der Waals surface area (Å²) in [5, 5.41) is 21.8. The van der Waals surface area contributed by atoms with Crippen molar-refractivity contribution in [2.45, 2.75) is 46.0 Å². The summed E-state index contributed by atoms with van der Waals surface area (Å²) in [6, 6.07) is 2.28. The maximum Gasteiger partial charge on any atom is 0.0697 e. The number of nitrogens with one attached hydrogen (secondary N) is 1. The van der Waals surface area contributed by atoms with Gasteiger partial charge in [0.15, 0.2) is 0 Å². The van der Waals surface area contributed by atoms with E-state index >= 15 is 0 Å². The molecule has 0 unspecified atom stereocenters. The number of nitriles is 1. The van der Waals surface area contributed by atoms with Gasteiger partial charge in [-0.05, 0) is 26.7 Å². The molecule has 0 spiro atoms. The predicted molar refractivity (Wildman–Crippen MR) is 64.9 cm³/mol. The molecule has 0 aromatic heterocycles. The van der Waals surface area contributed by atoms with Gasteiger partial charge in [0.1, 0.15) is 0 Å². The van der Waals surface area contributed by atoms with Crippen LogP contribution in [0.3, 0.4) is 0 Å². The van der Waals surface area contributed by atoms with Gasteiger partial charge < -0.3 is 10.4 Å². The zero-order valence-electron chi connectivity index (χ0n) is 10.6. The molecule has 0 amide bonds. The lowest BCUT2D eigenvalue weighted by Crippen LogP contribution is -2.41. The lowest BCUT2D eigenvalue weighted by atomic mass is 9.74. The monoisotopic (exact) mass is 224 g/mol. The maximum atomic E-state index is 9.52.